The molecule has 0 atom stereocenters. The summed E-state index contributed by atoms with van der Waals surface area (Å²) >= 11 is 12.0. The minimum atomic E-state index is -1.09. The second-order valence-electron chi connectivity index (χ2n) is 3.46. The molecular formula is C12H8Cl2N2O2. The molecule has 6 heteroatoms. The second kappa shape index (κ2) is 5.25. The molecule has 0 aliphatic carbocycles. The summed E-state index contributed by atoms with van der Waals surface area (Å²) in [6, 6.07) is 8.14. The van der Waals surface area contributed by atoms with Crippen LogP contribution in [0.1, 0.15) is 10.5 Å². The summed E-state index contributed by atoms with van der Waals surface area (Å²) in [5, 5.41) is 12.7. The largest absolute Gasteiger partial charge is 0.477 e. The Labute approximate surface area is 113 Å². The molecule has 0 aliphatic rings. The van der Waals surface area contributed by atoms with Gasteiger partial charge in [0.25, 0.3) is 0 Å². The Morgan fingerprint density at radius 2 is 1.89 bits per heavy atom. The third-order valence-corrected chi connectivity index (χ3v) is 2.84. The lowest BCUT2D eigenvalue weighted by atomic mass is 10.2. The van der Waals surface area contributed by atoms with Crippen molar-refractivity contribution in [3.8, 4) is 0 Å². The Kier molecular flexibility index (Phi) is 3.69. The van der Waals surface area contributed by atoms with E-state index in [-0.39, 0.29) is 5.69 Å². The number of pyridine rings is 1. The van der Waals surface area contributed by atoms with Gasteiger partial charge in [-0.1, -0.05) is 29.3 Å². The van der Waals surface area contributed by atoms with Crippen molar-refractivity contribution in [2.45, 2.75) is 0 Å². The molecular weight excluding hydrogens is 275 g/mol. The van der Waals surface area contributed by atoms with Crippen LogP contribution in [0.15, 0.2) is 36.5 Å². The molecule has 0 fully saturated rings. The highest BCUT2D eigenvalue weighted by atomic mass is 35.5. The summed E-state index contributed by atoms with van der Waals surface area (Å²) in [4.78, 5) is 14.5. The third-order valence-electron chi connectivity index (χ3n) is 2.21. The second-order valence-corrected chi connectivity index (χ2v) is 4.27. The van der Waals surface area contributed by atoms with E-state index in [9.17, 15) is 4.79 Å². The maximum absolute atomic E-state index is 10.8. The fraction of sp³-hybridized carbons (Fsp3) is 0. The molecule has 0 unspecified atom stereocenters. The summed E-state index contributed by atoms with van der Waals surface area (Å²) in [6.07, 6.45) is 1.40. The molecule has 92 valence electrons. The van der Waals surface area contributed by atoms with Gasteiger partial charge in [-0.3, -0.25) is 0 Å². The standard InChI is InChI=1S/C12H8Cl2N2O2/c13-8-2-1-3-9(14)11(8)16-7-4-5-15-10(6-7)12(17)18/h1-6H,(H,15,16)(H,17,18). The van der Waals surface area contributed by atoms with E-state index >= 15 is 0 Å². The maximum Gasteiger partial charge on any atom is 0.354 e. The van der Waals surface area contributed by atoms with Crippen LogP contribution < -0.4 is 5.32 Å². The summed E-state index contributed by atoms with van der Waals surface area (Å²) in [5.74, 6) is -1.09. The molecule has 0 saturated carbocycles. The monoisotopic (exact) mass is 282 g/mol. The Balaban J connectivity index is 2.34. The van der Waals surface area contributed by atoms with E-state index < -0.39 is 5.97 Å². The zero-order chi connectivity index (χ0) is 13.1. The fourth-order valence-corrected chi connectivity index (χ4v) is 1.88. The molecule has 0 radical (unpaired) electrons. The van der Waals surface area contributed by atoms with Crippen molar-refractivity contribution in [2.24, 2.45) is 0 Å². The van der Waals surface area contributed by atoms with E-state index in [4.69, 9.17) is 28.3 Å². The highest BCUT2D eigenvalue weighted by Gasteiger charge is 2.08. The number of benzene rings is 1. The average Bonchev–Trinajstić information content (AvgIpc) is 2.34. The van der Waals surface area contributed by atoms with E-state index in [0.29, 0.717) is 21.4 Å². The first-order chi connectivity index (χ1) is 8.58. The Hall–Kier alpha value is -1.78. The molecule has 0 bridgehead atoms. The normalized spacial score (nSPS) is 10.1. The van der Waals surface area contributed by atoms with Crippen molar-refractivity contribution in [3.05, 3.63) is 52.3 Å². The molecule has 1 aromatic carbocycles. The summed E-state index contributed by atoms with van der Waals surface area (Å²) in [5.41, 5.74) is 1.03. The molecule has 0 amide bonds. The summed E-state index contributed by atoms with van der Waals surface area (Å²) < 4.78 is 0. The van der Waals surface area contributed by atoms with Crippen LogP contribution in [0, 0.1) is 0 Å². The smallest absolute Gasteiger partial charge is 0.354 e. The topological polar surface area (TPSA) is 62.2 Å². The fourth-order valence-electron chi connectivity index (χ4n) is 1.39. The molecule has 1 aromatic heterocycles. The highest BCUT2D eigenvalue weighted by Crippen LogP contribution is 2.32. The Morgan fingerprint density at radius 3 is 2.50 bits per heavy atom. The van der Waals surface area contributed by atoms with Crippen molar-refractivity contribution < 1.29 is 9.90 Å². The number of carbonyl (C=O) groups is 1. The van der Waals surface area contributed by atoms with Crippen molar-refractivity contribution in [2.75, 3.05) is 5.32 Å². The van der Waals surface area contributed by atoms with Gasteiger partial charge in [0.15, 0.2) is 0 Å². The summed E-state index contributed by atoms with van der Waals surface area (Å²) in [7, 11) is 0. The molecule has 4 nitrogen and oxygen atoms in total. The number of anilines is 2. The van der Waals surface area contributed by atoms with Crippen LogP contribution in [0.25, 0.3) is 0 Å². The van der Waals surface area contributed by atoms with Gasteiger partial charge >= 0.3 is 5.97 Å². The van der Waals surface area contributed by atoms with Gasteiger partial charge in [0.05, 0.1) is 15.7 Å². The minimum Gasteiger partial charge on any atom is -0.477 e. The third kappa shape index (κ3) is 2.72. The van der Waals surface area contributed by atoms with Gasteiger partial charge in [0.2, 0.25) is 0 Å². The number of aromatic carboxylic acids is 1. The minimum absolute atomic E-state index is 0.0526. The molecule has 2 N–H and O–H groups in total. The maximum atomic E-state index is 10.8. The molecule has 2 aromatic rings. The van der Waals surface area contributed by atoms with Gasteiger partial charge in [-0.15, -0.1) is 0 Å². The van der Waals surface area contributed by atoms with Crippen LogP contribution in [0.3, 0.4) is 0 Å². The van der Waals surface area contributed by atoms with E-state index in [2.05, 4.69) is 10.3 Å². The van der Waals surface area contributed by atoms with Gasteiger partial charge < -0.3 is 10.4 Å². The quantitative estimate of drug-likeness (QED) is 0.898. The lowest BCUT2D eigenvalue weighted by Gasteiger charge is -2.10. The number of halogens is 2. The Bertz CT molecular complexity index is 582. The molecule has 0 saturated heterocycles. The lowest BCUT2D eigenvalue weighted by molar-refractivity contribution is 0.0690. The molecule has 0 spiro atoms. The van der Waals surface area contributed by atoms with E-state index in [0.717, 1.165) is 0 Å². The molecule has 2 rings (SSSR count). The van der Waals surface area contributed by atoms with Crippen LogP contribution in [0.2, 0.25) is 10.0 Å². The number of carboxylic acids is 1. The molecule has 0 aliphatic heterocycles. The van der Waals surface area contributed by atoms with E-state index in [1.54, 1.807) is 24.3 Å². The number of hydrogen-bond donors (Lipinski definition) is 2. The van der Waals surface area contributed by atoms with Crippen LogP contribution in [-0.2, 0) is 0 Å². The number of nitrogens with zero attached hydrogens (tertiary/aromatic N) is 1. The van der Waals surface area contributed by atoms with Crippen molar-refractivity contribution in [1.82, 2.24) is 4.98 Å². The van der Waals surface area contributed by atoms with Crippen molar-refractivity contribution in [1.29, 1.82) is 0 Å². The van der Waals surface area contributed by atoms with E-state index in [1.807, 2.05) is 0 Å². The molecule has 18 heavy (non-hydrogen) atoms. The van der Waals surface area contributed by atoms with Crippen molar-refractivity contribution >= 4 is 40.5 Å². The Morgan fingerprint density at radius 1 is 1.22 bits per heavy atom. The SMILES string of the molecule is O=C(O)c1cc(Nc2c(Cl)cccc2Cl)ccn1. The van der Waals surface area contributed by atoms with Crippen LogP contribution in [0.5, 0.6) is 0 Å². The lowest BCUT2D eigenvalue weighted by Crippen LogP contribution is -2.01. The molecule has 1 heterocycles. The van der Waals surface area contributed by atoms with Crippen LogP contribution >= 0.6 is 23.2 Å². The average molecular weight is 283 g/mol. The van der Waals surface area contributed by atoms with Gasteiger partial charge in [0, 0.05) is 11.9 Å². The first-order valence-corrected chi connectivity index (χ1v) is 5.74. The first kappa shape index (κ1) is 12.7. The predicted octanol–water partition coefficient (Wildman–Crippen LogP) is 3.83. The first-order valence-electron chi connectivity index (χ1n) is 4.98. The van der Waals surface area contributed by atoms with Crippen LogP contribution in [-0.4, -0.2) is 16.1 Å². The number of rotatable bonds is 3. The highest BCUT2D eigenvalue weighted by molar-refractivity contribution is 6.39. The van der Waals surface area contributed by atoms with Gasteiger partial charge in [-0.05, 0) is 24.3 Å². The summed E-state index contributed by atoms with van der Waals surface area (Å²) in [6.45, 7) is 0. The zero-order valence-electron chi connectivity index (χ0n) is 9.02. The zero-order valence-corrected chi connectivity index (χ0v) is 10.5. The predicted molar refractivity (Wildman–Crippen MR) is 70.9 cm³/mol. The van der Waals surface area contributed by atoms with Crippen molar-refractivity contribution in [3.63, 3.8) is 0 Å². The number of para-hydroxylation sites is 1. The van der Waals surface area contributed by atoms with Gasteiger partial charge in [-0.2, -0.15) is 0 Å². The van der Waals surface area contributed by atoms with E-state index in [1.165, 1.54) is 12.3 Å². The van der Waals surface area contributed by atoms with Gasteiger partial charge in [0.1, 0.15) is 5.69 Å². The van der Waals surface area contributed by atoms with Crippen LogP contribution in [0.4, 0.5) is 11.4 Å². The number of aromatic nitrogens is 1. The number of carboxylic acid groups (broad SMARTS) is 1. The van der Waals surface area contributed by atoms with Gasteiger partial charge in [-0.25, -0.2) is 9.78 Å². The number of nitrogens with one attached hydrogen (secondary N) is 1. The number of hydrogen-bond acceptors (Lipinski definition) is 3.